The van der Waals surface area contributed by atoms with E-state index < -0.39 is 5.09 Å². The molecule has 1 atom stereocenters. The summed E-state index contributed by atoms with van der Waals surface area (Å²) in [4.78, 5) is 12.4. The van der Waals surface area contributed by atoms with Crippen LogP contribution in [0.2, 0.25) is 0 Å². The van der Waals surface area contributed by atoms with Crippen LogP contribution in [0, 0.1) is 16.0 Å². The molecule has 9 heteroatoms. The van der Waals surface area contributed by atoms with Crippen molar-refractivity contribution in [1.82, 2.24) is 14.8 Å². The fourth-order valence-electron chi connectivity index (χ4n) is 2.25. The molecule has 0 radical (unpaired) electrons. The number of rotatable bonds is 5. The molecule has 1 aromatic carbocycles. The lowest BCUT2D eigenvalue weighted by molar-refractivity contribution is -0.742. The minimum absolute atomic E-state index is 0.434. The van der Waals surface area contributed by atoms with E-state index in [0.29, 0.717) is 11.8 Å². The third-order valence-corrected chi connectivity index (χ3v) is 4.21. The van der Waals surface area contributed by atoms with Crippen LogP contribution in [0.15, 0.2) is 39.8 Å². The van der Waals surface area contributed by atoms with E-state index in [-0.39, 0.29) is 0 Å². The van der Waals surface area contributed by atoms with Crippen LogP contribution in [-0.4, -0.2) is 25.1 Å². The highest BCUT2D eigenvalue weighted by molar-refractivity contribution is 9.11. The molecule has 1 unspecified atom stereocenters. The molecule has 126 valence electrons. The summed E-state index contributed by atoms with van der Waals surface area (Å²) in [5.74, 6) is 1.08. The molecule has 1 aromatic heterocycles. The molecule has 0 saturated carbocycles. The Labute approximate surface area is 151 Å². The van der Waals surface area contributed by atoms with E-state index in [2.05, 4.69) is 74.0 Å². The average Bonchev–Trinajstić information content (AvgIpc) is 2.89. The zero-order chi connectivity index (χ0) is 17.4. The van der Waals surface area contributed by atoms with Gasteiger partial charge in [0, 0.05) is 21.4 Å². The van der Waals surface area contributed by atoms with Crippen molar-refractivity contribution in [3.63, 3.8) is 0 Å². The summed E-state index contributed by atoms with van der Waals surface area (Å²) < 4.78 is 4.14. The quantitative estimate of drug-likeness (QED) is 0.542. The van der Waals surface area contributed by atoms with Crippen LogP contribution in [0.1, 0.15) is 31.7 Å². The minimum Gasteiger partial charge on any atom is -0.328 e. The largest absolute Gasteiger partial charge is 0.328 e. The first-order chi connectivity index (χ1) is 10.8. The van der Waals surface area contributed by atoms with E-state index in [1.807, 2.05) is 4.68 Å². The van der Waals surface area contributed by atoms with Crippen molar-refractivity contribution >= 4 is 31.9 Å². The zero-order valence-electron chi connectivity index (χ0n) is 12.8. The molecule has 23 heavy (non-hydrogen) atoms. The fourth-order valence-corrected chi connectivity index (χ4v) is 3.63. The van der Waals surface area contributed by atoms with Gasteiger partial charge in [-0.05, 0) is 30.0 Å². The predicted molar refractivity (Wildman–Crippen MR) is 92.8 cm³/mol. The summed E-state index contributed by atoms with van der Waals surface area (Å²) >= 11 is 7.17. The van der Waals surface area contributed by atoms with Crippen LogP contribution in [0.3, 0.4) is 0 Å². The Bertz CT molecular complexity index is 616. The number of nitrogens with zero attached hydrogens (tertiary/aromatic N) is 4. The molecule has 0 aliphatic rings. The Kier molecular flexibility index (Phi) is 8.18. The first-order valence-electron chi connectivity index (χ1n) is 6.90. The van der Waals surface area contributed by atoms with Gasteiger partial charge in [-0.2, -0.15) is 5.10 Å². The van der Waals surface area contributed by atoms with Gasteiger partial charge in [0.25, 0.3) is 5.09 Å². The van der Waals surface area contributed by atoms with Gasteiger partial charge in [-0.3, -0.25) is 4.68 Å². The average molecular weight is 450 g/mol. The second-order valence-corrected chi connectivity index (χ2v) is 7.12. The number of aromatic nitrogens is 3. The van der Waals surface area contributed by atoms with Crippen LogP contribution in [0.4, 0.5) is 0 Å². The van der Waals surface area contributed by atoms with Gasteiger partial charge in [0.05, 0.1) is 0 Å². The van der Waals surface area contributed by atoms with E-state index in [4.69, 9.17) is 15.3 Å². The number of halogens is 2. The van der Waals surface area contributed by atoms with Crippen molar-refractivity contribution < 1.29 is 10.3 Å². The number of benzene rings is 1. The normalized spacial score (nSPS) is 11.7. The highest BCUT2D eigenvalue weighted by atomic mass is 79.9. The highest BCUT2D eigenvalue weighted by Gasteiger charge is 2.17. The molecule has 0 bridgehead atoms. The summed E-state index contributed by atoms with van der Waals surface area (Å²) in [6, 6.07) is 6.37. The molecule has 0 spiro atoms. The van der Waals surface area contributed by atoms with E-state index in [1.165, 1.54) is 5.56 Å². The van der Waals surface area contributed by atoms with E-state index in [1.54, 1.807) is 12.7 Å². The molecule has 2 rings (SSSR count). The summed E-state index contributed by atoms with van der Waals surface area (Å²) in [5.41, 5.74) is 1.33. The summed E-state index contributed by atoms with van der Waals surface area (Å²) in [6.07, 6.45) is 4.49. The molecule has 0 aliphatic heterocycles. The molecule has 1 N–H and O–H groups in total. The van der Waals surface area contributed by atoms with Gasteiger partial charge in [0.1, 0.15) is 12.7 Å². The van der Waals surface area contributed by atoms with E-state index in [9.17, 15) is 0 Å². The predicted octanol–water partition coefficient (Wildman–Crippen LogP) is 4.29. The Morgan fingerprint density at radius 1 is 1.39 bits per heavy atom. The molecule has 0 saturated heterocycles. The highest BCUT2D eigenvalue weighted by Crippen LogP contribution is 2.32. The molecule has 7 nitrogen and oxygen atoms in total. The first kappa shape index (κ1) is 19.6. The summed E-state index contributed by atoms with van der Waals surface area (Å²) in [6.45, 7) is 5.36. The number of hydrogen-bond acceptors (Lipinski definition) is 4. The molecule has 0 amide bonds. The van der Waals surface area contributed by atoms with Crippen molar-refractivity contribution in [3.8, 4) is 0 Å². The van der Waals surface area contributed by atoms with Crippen molar-refractivity contribution in [2.45, 2.75) is 32.7 Å². The molecule has 2 aromatic rings. The molecular formula is C14H18Br2N4O3. The van der Waals surface area contributed by atoms with Gasteiger partial charge < -0.3 is 5.21 Å². The SMILES string of the molecule is CC(C)CC(Cn1cncn1)c1ccc(Br)cc1Br.O=[N+]([O-])O. The number of hydrogen-bond donors (Lipinski definition) is 1. The lowest BCUT2D eigenvalue weighted by Gasteiger charge is -2.21. The summed E-state index contributed by atoms with van der Waals surface area (Å²) in [5, 5.41) is 17.9. The van der Waals surface area contributed by atoms with Gasteiger partial charge in [-0.15, -0.1) is 10.1 Å². The van der Waals surface area contributed by atoms with Crippen LogP contribution < -0.4 is 0 Å². The Hall–Kier alpha value is -1.48. The maximum absolute atomic E-state index is 8.36. The van der Waals surface area contributed by atoms with Gasteiger partial charge in [-0.25, -0.2) is 4.98 Å². The van der Waals surface area contributed by atoms with Crippen LogP contribution in [-0.2, 0) is 6.54 Å². The fraction of sp³-hybridized carbons (Fsp3) is 0.429. The minimum atomic E-state index is -1.50. The summed E-state index contributed by atoms with van der Waals surface area (Å²) in [7, 11) is 0. The van der Waals surface area contributed by atoms with Gasteiger partial charge >= 0.3 is 0 Å². The first-order valence-corrected chi connectivity index (χ1v) is 8.48. The lowest BCUT2D eigenvalue weighted by atomic mass is 9.90. The van der Waals surface area contributed by atoms with Crippen molar-refractivity contribution in [3.05, 3.63) is 55.5 Å². The van der Waals surface area contributed by atoms with E-state index in [0.717, 1.165) is 21.9 Å². The van der Waals surface area contributed by atoms with Crippen molar-refractivity contribution in [1.29, 1.82) is 0 Å². The topological polar surface area (TPSA) is 94.1 Å². The molecule has 0 aliphatic carbocycles. The lowest BCUT2D eigenvalue weighted by Crippen LogP contribution is -2.12. The van der Waals surface area contributed by atoms with Gasteiger partial charge in [-0.1, -0.05) is 51.8 Å². The Balaban J connectivity index is 0.000000593. The standard InChI is InChI=1S/C14H17Br2N3.HNO3/c1-10(2)5-11(7-19-9-17-8-18-19)13-4-3-12(15)6-14(13)16;2-1(3)4/h3-4,6,8-11H,5,7H2,1-2H3;(H,2,3,4). The van der Waals surface area contributed by atoms with Crippen LogP contribution in [0.25, 0.3) is 0 Å². The third kappa shape index (κ3) is 7.56. The Morgan fingerprint density at radius 3 is 2.52 bits per heavy atom. The molecule has 0 fully saturated rings. The van der Waals surface area contributed by atoms with Crippen LogP contribution >= 0.6 is 31.9 Å². The van der Waals surface area contributed by atoms with Gasteiger partial charge in [0.15, 0.2) is 0 Å². The van der Waals surface area contributed by atoms with Crippen molar-refractivity contribution in [2.75, 3.05) is 0 Å². The molecular weight excluding hydrogens is 432 g/mol. The Morgan fingerprint density at radius 2 is 2.04 bits per heavy atom. The monoisotopic (exact) mass is 448 g/mol. The zero-order valence-corrected chi connectivity index (χ0v) is 15.9. The molecule has 1 heterocycles. The second kappa shape index (κ2) is 9.61. The van der Waals surface area contributed by atoms with Crippen LogP contribution in [0.5, 0.6) is 0 Å². The van der Waals surface area contributed by atoms with Gasteiger partial charge in [0.2, 0.25) is 0 Å². The second-order valence-electron chi connectivity index (χ2n) is 5.35. The smallest absolute Gasteiger partial charge is 0.291 e. The maximum atomic E-state index is 8.36. The third-order valence-electron chi connectivity index (χ3n) is 3.03. The van der Waals surface area contributed by atoms with Crippen molar-refractivity contribution in [2.24, 2.45) is 5.92 Å². The maximum Gasteiger partial charge on any atom is 0.291 e. The van der Waals surface area contributed by atoms with E-state index >= 15 is 0 Å².